The molecule has 6 saturated heterocycles. The minimum absolute atomic E-state index is 0.0737. The van der Waals surface area contributed by atoms with E-state index in [0.29, 0.717) is 48.3 Å². The van der Waals surface area contributed by atoms with Gasteiger partial charge in [-0.15, -0.1) is 0 Å². The second-order valence-corrected chi connectivity index (χ2v) is 24.5. The van der Waals surface area contributed by atoms with Crippen LogP contribution in [0, 0.1) is 46.3 Å². The van der Waals surface area contributed by atoms with Crippen LogP contribution in [-0.2, 0) is 56.9 Å². The Balaban J connectivity index is 0.850. The predicted molar refractivity (Wildman–Crippen MR) is 258 cm³/mol. The first-order valence-electron chi connectivity index (χ1n) is 27.9. The summed E-state index contributed by atoms with van der Waals surface area (Å²) in [7, 11) is 0. The third-order valence-electron chi connectivity index (χ3n) is 20.1. The molecule has 10 aliphatic rings. The molecule has 24 heteroatoms. The molecule has 0 unspecified atom stereocenters. The summed E-state index contributed by atoms with van der Waals surface area (Å²) in [5.74, 6) is 1.54. The molecule has 0 bridgehead atoms. The summed E-state index contributed by atoms with van der Waals surface area (Å²) in [6.45, 7) is 8.06. The van der Waals surface area contributed by atoms with Gasteiger partial charge in [-0.05, 0) is 91.8 Å². The van der Waals surface area contributed by atoms with Gasteiger partial charge in [-0.25, -0.2) is 0 Å². The SMILES string of the molecule is CC(=O)OC[C@H]1O[C@@H](O[C@@H]2[C@H](O)[C@@H](O)[C@H](O[C@H]3CC[C@@]4(C)C(=CC[C@H]5[C@@H]6C[C@@H]7O[C@]8(CC[C@@H](C)CO8)[C@@H](C)[C@@H]7[C@@]6(C)CC[C@@H]54)C3)O[C@@H]2CO)[C@H](O[C@@H]2O[C@H](CO)[C@@H](O)[C@H](O)[C@H]2O)[C@@H](O[C@@H]2O[C@H](CO)[C@@H](O)[C@H](O)[C@H]2O)[C@@H]1O. The number of esters is 1. The lowest BCUT2D eigenvalue weighted by Gasteiger charge is -2.58. The van der Waals surface area contributed by atoms with Crippen LogP contribution in [0.25, 0.3) is 0 Å². The fraction of sp³-hybridized carbons (Fsp3) is 0.943. The summed E-state index contributed by atoms with van der Waals surface area (Å²) in [5, 5.41) is 131. The number of fused-ring (bicyclic) bond motifs is 7. The first kappa shape index (κ1) is 58.5. The molecule has 0 aromatic carbocycles. The number of ether oxygens (including phenoxy) is 11. The molecule has 6 heterocycles. The third-order valence-corrected chi connectivity index (χ3v) is 20.1. The van der Waals surface area contributed by atoms with Gasteiger partial charge in [0.15, 0.2) is 30.9 Å². The van der Waals surface area contributed by atoms with Crippen LogP contribution in [0.5, 0.6) is 0 Å². The maximum absolute atomic E-state index is 12.0. The van der Waals surface area contributed by atoms with Gasteiger partial charge in [0.1, 0.15) is 104 Å². The molecule has 0 radical (unpaired) electrons. The van der Waals surface area contributed by atoms with Gasteiger partial charge in [0.25, 0.3) is 0 Å². The number of rotatable bonds is 13. The van der Waals surface area contributed by atoms with Crippen LogP contribution in [0.1, 0.15) is 92.4 Å². The highest BCUT2D eigenvalue weighted by Gasteiger charge is 2.69. The van der Waals surface area contributed by atoms with Crippen LogP contribution < -0.4 is 0 Å². The van der Waals surface area contributed by atoms with Crippen molar-refractivity contribution in [3.63, 3.8) is 0 Å². The van der Waals surface area contributed by atoms with E-state index in [0.717, 1.165) is 58.5 Å². The van der Waals surface area contributed by atoms with Gasteiger partial charge in [-0.2, -0.15) is 0 Å². The lowest BCUT2D eigenvalue weighted by atomic mass is 9.47. The van der Waals surface area contributed by atoms with E-state index < -0.39 is 167 Å². The van der Waals surface area contributed by atoms with Crippen molar-refractivity contribution >= 4 is 5.97 Å². The zero-order valence-electron chi connectivity index (χ0n) is 44.4. The summed E-state index contributed by atoms with van der Waals surface area (Å²) in [6, 6.07) is 0. The van der Waals surface area contributed by atoms with Crippen molar-refractivity contribution in [1.82, 2.24) is 0 Å². The first-order valence-corrected chi connectivity index (χ1v) is 27.9. The molecule has 4 aliphatic carbocycles. The average molecular weight is 1110 g/mol. The highest BCUT2D eigenvalue weighted by Crippen LogP contribution is 2.71. The normalized spacial score (nSPS) is 54.7. The van der Waals surface area contributed by atoms with E-state index in [1.54, 1.807) is 0 Å². The Morgan fingerprint density at radius 2 is 1.21 bits per heavy atom. The third kappa shape index (κ3) is 10.4. The molecule has 0 aromatic heterocycles. The molecule has 1 spiro atoms. The summed E-state index contributed by atoms with van der Waals surface area (Å²) < 4.78 is 67.1. The Morgan fingerprint density at radius 1 is 0.623 bits per heavy atom. The van der Waals surface area contributed by atoms with Crippen LogP contribution in [0.15, 0.2) is 11.6 Å². The summed E-state index contributed by atoms with van der Waals surface area (Å²) >= 11 is 0. The molecule has 0 aromatic rings. The molecule has 12 N–H and O–H groups in total. The largest absolute Gasteiger partial charge is 0.463 e. The van der Waals surface area contributed by atoms with Gasteiger partial charge in [0.05, 0.1) is 38.6 Å². The monoisotopic (exact) mass is 1100 g/mol. The highest BCUT2D eigenvalue weighted by molar-refractivity contribution is 5.65. The van der Waals surface area contributed by atoms with Crippen LogP contribution in [-0.4, -0.2) is 241 Å². The predicted octanol–water partition coefficient (Wildman–Crippen LogP) is -2.42. The van der Waals surface area contributed by atoms with Gasteiger partial charge >= 0.3 is 5.97 Å². The van der Waals surface area contributed by atoms with Gasteiger partial charge in [0, 0.05) is 19.3 Å². The number of aliphatic hydroxyl groups is 12. The van der Waals surface area contributed by atoms with Gasteiger partial charge in [-0.3, -0.25) is 4.79 Å². The van der Waals surface area contributed by atoms with Crippen molar-refractivity contribution in [2.75, 3.05) is 33.0 Å². The van der Waals surface area contributed by atoms with Crippen LogP contribution >= 0.6 is 0 Å². The molecule has 10 rings (SSSR count). The summed E-state index contributed by atoms with van der Waals surface area (Å²) in [5.41, 5.74) is 1.37. The van der Waals surface area contributed by atoms with Crippen molar-refractivity contribution in [3.05, 3.63) is 11.6 Å². The van der Waals surface area contributed by atoms with Crippen molar-refractivity contribution in [1.29, 1.82) is 0 Å². The highest BCUT2D eigenvalue weighted by atomic mass is 16.8. The number of carbonyl (C=O) groups excluding carboxylic acids is 1. The van der Waals surface area contributed by atoms with E-state index >= 15 is 0 Å². The number of aliphatic hydroxyl groups excluding tert-OH is 12. The zero-order chi connectivity index (χ0) is 55.2. The number of carbonyl (C=O) groups is 1. The zero-order valence-corrected chi connectivity index (χ0v) is 44.4. The second-order valence-electron chi connectivity index (χ2n) is 24.5. The fourth-order valence-corrected chi connectivity index (χ4v) is 15.7. The maximum atomic E-state index is 12.0. The van der Waals surface area contributed by atoms with E-state index in [2.05, 4.69) is 33.8 Å². The minimum Gasteiger partial charge on any atom is -0.463 e. The Hall–Kier alpha value is -1.67. The van der Waals surface area contributed by atoms with Crippen molar-refractivity contribution in [2.24, 2.45) is 46.3 Å². The van der Waals surface area contributed by atoms with E-state index in [-0.39, 0.29) is 16.9 Å². The molecule has 0 amide bonds. The van der Waals surface area contributed by atoms with Crippen molar-refractivity contribution < 1.29 is 118 Å². The van der Waals surface area contributed by atoms with Crippen LogP contribution in [0.4, 0.5) is 0 Å². The van der Waals surface area contributed by atoms with Crippen molar-refractivity contribution in [3.8, 4) is 0 Å². The minimum atomic E-state index is -2.06. The molecule has 3 saturated carbocycles. The molecule has 440 valence electrons. The van der Waals surface area contributed by atoms with Gasteiger partial charge in [0.2, 0.25) is 0 Å². The first-order chi connectivity index (χ1) is 36.6. The topological polar surface area (TPSA) is 361 Å². The van der Waals surface area contributed by atoms with E-state index in [1.165, 1.54) is 5.57 Å². The Bertz CT molecular complexity index is 2060. The van der Waals surface area contributed by atoms with Crippen molar-refractivity contribution in [2.45, 2.75) is 233 Å². The van der Waals surface area contributed by atoms with Gasteiger partial charge in [-0.1, -0.05) is 39.3 Å². The fourth-order valence-electron chi connectivity index (χ4n) is 15.7. The lowest BCUT2D eigenvalue weighted by molar-refractivity contribution is -0.406. The Labute approximate surface area is 447 Å². The maximum Gasteiger partial charge on any atom is 0.302 e. The molecule has 6 aliphatic heterocycles. The van der Waals surface area contributed by atoms with Gasteiger partial charge < -0.3 is 113 Å². The second kappa shape index (κ2) is 22.8. The quantitative estimate of drug-likeness (QED) is 0.0675. The van der Waals surface area contributed by atoms with E-state index in [4.69, 9.17) is 52.1 Å². The molecule has 31 atom stereocenters. The molecule has 77 heavy (non-hydrogen) atoms. The molecule has 24 nitrogen and oxygen atoms in total. The van der Waals surface area contributed by atoms with Crippen LogP contribution in [0.2, 0.25) is 0 Å². The Morgan fingerprint density at radius 3 is 1.82 bits per heavy atom. The summed E-state index contributed by atoms with van der Waals surface area (Å²) in [4.78, 5) is 12.0. The van der Waals surface area contributed by atoms with E-state index in [9.17, 15) is 66.1 Å². The summed E-state index contributed by atoms with van der Waals surface area (Å²) in [6.07, 6.45) is -26.0. The lowest BCUT2D eigenvalue weighted by Crippen LogP contribution is -2.69. The molecular formula is C53H84O24. The average Bonchev–Trinajstić information content (AvgIpc) is 4.13. The Kier molecular flexibility index (Phi) is 17.3. The molecule has 9 fully saturated rings. The molecular weight excluding hydrogens is 1020 g/mol. The number of hydrogen-bond donors (Lipinski definition) is 12. The standard InChI is InChI=1S/C53H84O24/c1-21-8-13-53(68-19-21)22(2)34-29(77-53)15-28-26-7-6-24-14-25(9-11-51(24,4)27(26)10-12-52(28,34)5)69-47-43(66)40(63)44(32(18-56)72-47)74-50-46(76-49-42(65)39(62)36(59)31(17-55)71-49)45(37(60)33(73-50)20-67-23(3)57)75-48-41(64)38(61)35(58)30(16-54)70-48/h6,21-22,25-50,54-56,58-66H,7-20H2,1-5H3/t21-,22+,25+,26-,27+,28+,29+,30-,31-,32-,33-,34+,35-,36-,37-,38+,39+,40-,41-,42-,43-,44+,45+,46-,47-,48+,49+,50+,51+,52+,53-/m1/s1. The smallest absolute Gasteiger partial charge is 0.302 e. The van der Waals surface area contributed by atoms with Crippen LogP contribution in [0.3, 0.4) is 0 Å². The number of allylic oxidation sites excluding steroid dienone is 1. The number of hydrogen-bond acceptors (Lipinski definition) is 24. The van der Waals surface area contributed by atoms with E-state index in [1.807, 2.05) is 0 Å².